The maximum Gasteiger partial charge on any atom is 0.270 e. The number of nitrogens with one attached hydrogen (secondary N) is 1. The van der Waals surface area contributed by atoms with Gasteiger partial charge in [0.1, 0.15) is 5.75 Å². The van der Waals surface area contributed by atoms with Gasteiger partial charge >= 0.3 is 0 Å². The Bertz CT molecular complexity index is 766. The molecular weight excluding hydrogens is 326 g/mol. The molecule has 0 atom stereocenters. The SMILES string of the molecule is COc1cnc(NC(=O)c2cc([N+](=O)[O-])ccc2Cl)c(OC)c1. The maximum absolute atomic E-state index is 12.3. The molecule has 1 aromatic carbocycles. The molecule has 0 saturated heterocycles. The van der Waals surface area contributed by atoms with Crippen molar-refractivity contribution in [1.82, 2.24) is 4.98 Å². The number of hydrogen-bond donors (Lipinski definition) is 1. The van der Waals surface area contributed by atoms with E-state index in [9.17, 15) is 14.9 Å². The minimum absolute atomic E-state index is 0.0412. The van der Waals surface area contributed by atoms with Crippen molar-refractivity contribution in [2.24, 2.45) is 0 Å². The second-order valence-electron chi connectivity index (χ2n) is 4.30. The molecule has 0 fully saturated rings. The number of carbonyl (C=O) groups excluding carboxylic acids is 1. The number of ether oxygens (including phenoxy) is 2. The summed E-state index contributed by atoms with van der Waals surface area (Å²) in [6, 6.07) is 5.13. The molecule has 2 rings (SSSR count). The first-order valence-electron chi connectivity index (χ1n) is 6.29. The van der Waals surface area contributed by atoms with Crippen LogP contribution in [0.1, 0.15) is 10.4 Å². The number of carbonyl (C=O) groups is 1. The molecule has 120 valence electrons. The van der Waals surface area contributed by atoms with Crippen LogP contribution in [-0.4, -0.2) is 30.0 Å². The molecule has 0 saturated carbocycles. The summed E-state index contributed by atoms with van der Waals surface area (Å²) in [5.74, 6) is 0.225. The summed E-state index contributed by atoms with van der Waals surface area (Å²) in [5.41, 5.74) is -0.283. The third-order valence-corrected chi connectivity index (χ3v) is 3.25. The van der Waals surface area contributed by atoms with Crippen molar-refractivity contribution in [1.29, 1.82) is 0 Å². The van der Waals surface area contributed by atoms with Gasteiger partial charge in [-0.3, -0.25) is 14.9 Å². The number of pyridine rings is 1. The van der Waals surface area contributed by atoms with Crippen molar-refractivity contribution in [2.45, 2.75) is 0 Å². The standard InChI is InChI=1S/C14H12ClN3O5/c1-22-9-6-12(23-2)13(16-7-9)17-14(19)10-5-8(18(20)21)3-4-11(10)15/h3-7H,1-2H3,(H,16,17,19). The quantitative estimate of drug-likeness (QED) is 0.664. The Morgan fingerprint density at radius 2 is 2.04 bits per heavy atom. The number of halogens is 1. The first kappa shape index (κ1) is 16.5. The fraction of sp³-hybridized carbons (Fsp3) is 0.143. The van der Waals surface area contributed by atoms with Gasteiger partial charge in [0.15, 0.2) is 11.6 Å². The first-order valence-corrected chi connectivity index (χ1v) is 6.67. The molecule has 0 aliphatic carbocycles. The number of hydrogen-bond acceptors (Lipinski definition) is 6. The van der Waals surface area contributed by atoms with Gasteiger partial charge in [-0.05, 0) is 6.07 Å². The van der Waals surface area contributed by atoms with Crippen molar-refractivity contribution in [3.05, 3.63) is 51.2 Å². The van der Waals surface area contributed by atoms with Crippen molar-refractivity contribution in [3.63, 3.8) is 0 Å². The summed E-state index contributed by atoms with van der Waals surface area (Å²) in [4.78, 5) is 26.5. The normalized spacial score (nSPS) is 10.0. The summed E-state index contributed by atoms with van der Waals surface area (Å²) in [6.07, 6.45) is 1.40. The molecule has 23 heavy (non-hydrogen) atoms. The number of non-ortho nitro benzene ring substituents is 1. The summed E-state index contributed by atoms with van der Waals surface area (Å²) in [5, 5.41) is 13.4. The van der Waals surface area contributed by atoms with E-state index >= 15 is 0 Å². The zero-order valence-electron chi connectivity index (χ0n) is 12.2. The summed E-state index contributed by atoms with van der Waals surface area (Å²) < 4.78 is 10.1. The van der Waals surface area contributed by atoms with Gasteiger partial charge in [0, 0.05) is 18.2 Å². The van der Waals surface area contributed by atoms with Crippen LogP contribution in [0.3, 0.4) is 0 Å². The molecule has 1 amide bonds. The van der Waals surface area contributed by atoms with E-state index in [-0.39, 0.29) is 27.8 Å². The lowest BCUT2D eigenvalue weighted by Gasteiger charge is -2.11. The zero-order chi connectivity index (χ0) is 17.0. The van der Waals surface area contributed by atoms with Crippen LogP contribution >= 0.6 is 11.6 Å². The van der Waals surface area contributed by atoms with E-state index in [1.54, 1.807) is 0 Å². The third-order valence-electron chi connectivity index (χ3n) is 2.92. The van der Waals surface area contributed by atoms with E-state index in [0.717, 1.165) is 6.07 Å². The number of nitro groups is 1. The molecule has 1 aromatic heterocycles. The Morgan fingerprint density at radius 3 is 2.65 bits per heavy atom. The monoisotopic (exact) mass is 337 g/mol. The van der Waals surface area contributed by atoms with Gasteiger partial charge in [0.05, 0.1) is 35.9 Å². The summed E-state index contributed by atoms with van der Waals surface area (Å²) in [6.45, 7) is 0. The molecule has 0 radical (unpaired) electrons. The number of nitrogens with zero attached hydrogens (tertiary/aromatic N) is 2. The molecular formula is C14H12ClN3O5. The van der Waals surface area contributed by atoms with E-state index < -0.39 is 10.8 Å². The topological polar surface area (TPSA) is 104 Å². The summed E-state index contributed by atoms with van der Waals surface area (Å²) in [7, 11) is 2.88. The van der Waals surface area contributed by atoms with E-state index in [1.165, 1.54) is 38.6 Å². The zero-order valence-corrected chi connectivity index (χ0v) is 13.0. The number of amides is 1. The maximum atomic E-state index is 12.3. The van der Waals surface area contributed by atoms with E-state index in [4.69, 9.17) is 21.1 Å². The highest BCUT2D eigenvalue weighted by Gasteiger charge is 2.18. The van der Waals surface area contributed by atoms with Crippen LogP contribution in [0.2, 0.25) is 5.02 Å². The highest BCUT2D eigenvalue weighted by Crippen LogP contribution is 2.28. The van der Waals surface area contributed by atoms with Gasteiger partial charge in [-0.1, -0.05) is 11.6 Å². The third kappa shape index (κ3) is 3.67. The second-order valence-corrected chi connectivity index (χ2v) is 4.71. The lowest BCUT2D eigenvalue weighted by atomic mass is 10.2. The predicted octanol–water partition coefficient (Wildman–Crippen LogP) is 2.91. The predicted molar refractivity (Wildman–Crippen MR) is 83.4 cm³/mol. The molecule has 0 aliphatic rings. The molecule has 8 nitrogen and oxygen atoms in total. The van der Waals surface area contributed by atoms with Crippen LogP contribution in [0.4, 0.5) is 11.5 Å². The fourth-order valence-corrected chi connectivity index (χ4v) is 1.97. The van der Waals surface area contributed by atoms with Gasteiger partial charge < -0.3 is 14.8 Å². The molecule has 1 N–H and O–H groups in total. The van der Waals surface area contributed by atoms with E-state index in [1.807, 2.05) is 0 Å². The Morgan fingerprint density at radius 1 is 1.30 bits per heavy atom. The van der Waals surface area contributed by atoms with Gasteiger partial charge in [-0.25, -0.2) is 4.98 Å². The number of rotatable bonds is 5. The minimum Gasteiger partial charge on any atom is -0.495 e. The molecule has 9 heteroatoms. The second kappa shape index (κ2) is 6.93. The molecule has 2 aromatic rings. The Kier molecular flexibility index (Phi) is 4.97. The van der Waals surface area contributed by atoms with Crippen LogP contribution in [-0.2, 0) is 0 Å². The average Bonchev–Trinajstić information content (AvgIpc) is 2.55. The van der Waals surface area contributed by atoms with Crippen molar-refractivity contribution in [2.75, 3.05) is 19.5 Å². The van der Waals surface area contributed by atoms with Crippen molar-refractivity contribution >= 4 is 29.0 Å². The first-order chi connectivity index (χ1) is 11.0. The Hall–Kier alpha value is -2.87. The van der Waals surface area contributed by atoms with Crippen molar-refractivity contribution in [3.8, 4) is 11.5 Å². The average molecular weight is 338 g/mol. The van der Waals surface area contributed by atoms with Gasteiger partial charge in [0.25, 0.3) is 11.6 Å². The lowest BCUT2D eigenvalue weighted by molar-refractivity contribution is -0.384. The Labute approximate surface area is 136 Å². The number of methoxy groups -OCH3 is 2. The summed E-state index contributed by atoms with van der Waals surface area (Å²) >= 11 is 5.93. The molecule has 1 heterocycles. The number of nitro benzene ring substituents is 1. The minimum atomic E-state index is -0.644. The lowest BCUT2D eigenvalue weighted by Crippen LogP contribution is -2.14. The van der Waals surface area contributed by atoms with Gasteiger partial charge in [-0.2, -0.15) is 0 Å². The fourth-order valence-electron chi connectivity index (χ4n) is 1.76. The van der Waals surface area contributed by atoms with Gasteiger partial charge in [-0.15, -0.1) is 0 Å². The van der Waals surface area contributed by atoms with Crippen LogP contribution in [0, 0.1) is 10.1 Å². The Balaban J connectivity index is 2.32. The van der Waals surface area contributed by atoms with Crippen LogP contribution in [0.5, 0.6) is 11.5 Å². The van der Waals surface area contributed by atoms with Crippen molar-refractivity contribution < 1.29 is 19.2 Å². The van der Waals surface area contributed by atoms with Crippen LogP contribution in [0.25, 0.3) is 0 Å². The van der Waals surface area contributed by atoms with E-state index in [2.05, 4.69) is 10.3 Å². The largest absolute Gasteiger partial charge is 0.495 e. The van der Waals surface area contributed by atoms with Gasteiger partial charge in [0.2, 0.25) is 0 Å². The molecule has 0 spiro atoms. The molecule has 0 aliphatic heterocycles. The number of anilines is 1. The number of benzene rings is 1. The highest BCUT2D eigenvalue weighted by molar-refractivity contribution is 6.34. The molecule has 0 unspecified atom stereocenters. The van der Waals surface area contributed by atoms with Crippen LogP contribution < -0.4 is 14.8 Å². The van der Waals surface area contributed by atoms with E-state index in [0.29, 0.717) is 5.75 Å². The molecule has 0 bridgehead atoms. The highest BCUT2D eigenvalue weighted by atomic mass is 35.5. The van der Waals surface area contributed by atoms with Crippen LogP contribution in [0.15, 0.2) is 30.5 Å². The smallest absolute Gasteiger partial charge is 0.270 e. The number of aromatic nitrogens is 1.